The second kappa shape index (κ2) is 6.72. The van der Waals surface area contributed by atoms with Crippen LogP contribution in [0.2, 0.25) is 0 Å². The molecule has 2 aromatic heterocycles. The van der Waals surface area contributed by atoms with Gasteiger partial charge in [-0.05, 0) is 38.5 Å². The zero-order chi connectivity index (χ0) is 18.1. The highest BCUT2D eigenvalue weighted by molar-refractivity contribution is 7.19. The highest BCUT2D eigenvalue weighted by atomic mass is 32.1. The lowest BCUT2D eigenvalue weighted by molar-refractivity contribution is 0.0946. The molecule has 2 heterocycles. The molecule has 3 aromatic rings. The van der Waals surface area contributed by atoms with Crippen LogP contribution in [0.3, 0.4) is 0 Å². The molecule has 25 heavy (non-hydrogen) atoms. The van der Waals surface area contributed by atoms with Crippen LogP contribution in [0.25, 0.3) is 4.96 Å². The van der Waals surface area contributed by atoms with Crippen LogP contribution in [-0.4, -0.2) is 26.5 Å². The minimum atomic E-state index is -0.443. The van der Waals surface area contributed by atoms with E-state index >= 15 is 0 Å². The number of nitrogens with one attached hydrogen (secondary N) is 1. The van der Waals surface area contributed by atoms with Gasteiger partial charge in [-0.1, -0.05) is 23.5 Å². The fourth-order valence-electron chi connectivity index (χ4n) is 2.40. The molecule has 1 aromatic carbocycles. The van der Waals surface area contributed by atoms with Gasteiger partial charge in [-0.2, -0.15) is 10.1 Å². The molecular weight excluding hydrogens is 343 g/mol. The Morgan fingerprint density at radius 2 is 2.00 bits per heavy atom. The number of rotatable bonds is 4. The van der Waals surface area contributed by atoms with Gasteiger partial charge >= 0.3 is 0 Å². The number of hydrogen-bond donors (Lipinski definition) is 1. The van der Waals surface area contributed by atoms with Crippen molar-refractivity contribution in [2.24, 2.45) is 0 Å². The molecule has 0 aliphatic heterocycles. The van der Waals surface area contributed by atoms with Crippen LogP contribution in [0.15, 0.2) is 29.1 Å². The average molecular weight is 360 g/mol. The number of thiazole rings is 1. The molecule has 0 aliphatic carbocycles. The van der Waals surface area contributed by atoms with E-state index in [-0.39, 0.29) is 29.9 Å². The molecule has 0 spiro atoms. The molecule has 0 radical (unpaired) electrons. The van der Waals surface area contributed by atoms with Gasteiger partial charge in [-0.3, -0.25) is 9.59 Å². The van der Waals surface area contributed by atoms with Crippen molar-refractivity contribution in [3.8, 4) is 0 Å². The van der Waals surface area contributed by atoms with E-state index in [0.717, 1.165) is 16.9 Å². The molecule has 1 N–H and O–H groups in total. The van der Waals surface area contributed by atoms with Crippen LogP contribution < -0.4 is 10.9 Å². The molecule has 8 heteroatoms. The summed E-state index contributed by atoms with van der Waals surface area (Å²) in [5.41, 5.74) is 1.20. The Bertz CT molecular complexity index is 992. The van der Waals surface area contributed by atoms with Crippen molar-refractivity contribution in [3.05, 3.63) is 62.3 Å². The van der Waals surface area contributed by atoms with Gasteiger partial charge in [0.25, 0.3) is 11.5 Å². The van der Waals surface area contributed by atoms with Crippen LogP contribution in [0.4, 0.5) is 4.39 Å². The number of aromatic nitrogens is 3. The summed E-state index contributed by atoms with van der Waals surface area (Å²) in [6.45, 7) is 5.51. The minimum Gasteiger partial charge on any atom is -0.349 e. The van der Waals surface area contributed by atoms with Gasteiger partial charge in [-0.25, -0.2) is 8.91 Å². The third kappa shape index (κ3) is 3.58. The molecule has 3 rings (SSSR count). The van der Waals surface area contributed by atoms with Crippen molar-refractivity contribution >= 4 is 22.2 Å². The van der Waals surface area contributed by atoms with Gasteiger partial charge in [-0.15, -0.1) is 0 Å². The van der Waals surface area contributed by atoms with Crippen molar-refractivity contribution in [2.45, 2.75) is 33.2 Å². The Morgan fingerprint density at radius 3 is 2.64 bits per heavy atom. The molecule has 130 valence electrons. The Hall–Kier alpha value is -2.61. The SMILES string of the molecule is Cc1c(C(=O)NC(C)C)sc2nc(=O)c(Cc3ccc(F)cc3)nn12. The number of aryl methyl sites for hydroxylation is 1. The number of halogens is 1. The minimum absolute atomic E-state index is 0.00661. The Balaban J connectivity index is 2.00. The van der Waals surface area contributed by atoms with Crippen molar-refractivity contribution in [1.29, 1.82) is 0 Å². The van der Waals surface area contributed by atoms with Gasteiger partial charge in [0.15, 0.2) is 0 Å². The fourth-order valence-corrected chi connectivity index (χ4v) is 3.36. The van der Waals surface area contributed by atoms with Gasteiger partial charge in [0, 0.05) is 12.5 Å². The van der Waals surface area contributed by atoms with Crippen LogP contribution in [0, 0.1) is 12.7 Å². The molecule has 0 saturated carbocycles. The van der Waals surface area contributed by atoms with Gasteiger partial charge in [0.05, 0.1) is 5.69 Å². The number of nitrogens with zero attached hydrogens (tertiary/aromatic N) is 3. The van der Waals surface area contributed by atoms with E-state index < -0.39 is 5.56 Å². The summed E-state index contributed by atoms with van der Waals surface area (Å²) in [6, 6.07) is 5.89. The van der Waals surface area contributed by atoms with E-state index in [1.807, 2.05) is 13.8 Å². The van der Waals surface area contributed by atoms with Crippen molar-refractivity contribution in [2.75, 3.05) is 0 Å². The van der Waals surface area contributed by atoms with Crippen LogP contribution in [0.1, 0.15) is 40.5 Å². The molecule has 1 amide bonds. The first kappa shape index (κ1) is 17.2. The summed E-state index contributed by atoms with van der Waals surface area (Å²) >= 11 is 1.13. The number of hydrogen-bond acceptors (Lipinski definition) is 5. The first-order chi connectivity index (χ1) is 11.8. The summed E-state index contributed by atoms with van der Waals surface area (Å²) in [4.78, 5) is 29.4. The van der Waals surface area contributed by atoms with Crippen LogP contribution in [0.5, 0.6) is 0 Å². The van der Waals surface area contributed by atoms with E-state index in [9.17, 15) is 14.0 Å². The molecule has 0 atom stereocenters. The van der Waals surface area contributed by atoms with Gasteiger partial charge in [0.1, 0.15) is 16.4 Å². The standard InChI is InChI=1S/C17H17FN4O2S/c1-9(2)19-16(24)14-10(3)22-17(25-14)20-15(23)13(21-22)8-11-4-6-12(18)7-5-11/h4-7,9H,8H2,1-3H3,(H,19,24). The lowest BCUT2D eigenvalue weighted by atomic mass is 10.1. The number of carbonyl (C=O) groups excluding carboxylic acids is 1. The summed E-state index contributed by atoms with van der Waals surface area (Å²) in [6.07, 6.45) is 0.248. The van der Waals surface area contributed by atoms with E-state index in [1.165, 1.54) is 16.6 Å². The highest BCUT2D eigenvalue weighted by Gasteiger charge is 2.19. The molecule has 6 nitrogen and oxygen atoms in total. The van der Waals surface area contributed by atoms with Crippen molar-refractivity contribution < 1.29 is 9.18 Å². The summed E-state index contributed by atoms with van der Waals surface area (Å²) in [5, 5.41) is 7.18. The Kier molecular flexibility index (Phi) is 4.63. The summed E-state index contributed by atoms with van der Waals surface area (Å²) < 4.78 is 14.5. The number of benzene rings is 1. The number of fused-ring (bicyclic) bond motifs is 1. The highest BCUT2D eigenvalue weighted by Crippen LogP contribution is 2.20. The molecule has 0 aliphatic rings. The monoisotopic (exact) mass is 360 g/mol. The maximum Gasteiger partial charge on any atom is 0.296 e. The third-order valence-corrected chi connectivity index (χ3v) is 4.73. The third-order valence-electron chi connectivity index (χ3n) is 3.60. The maximum absolute atomic E-state index is 13.0. The molecular formula is C17H17FN4O2S. The molecule has 0 unspecified atom stereocenters. The van der Waals surface area contributed by atoms with Crippen molar-refractivity contribution in [1.82, 2.24) is 19.9 Å². The lowest BCUT2D eigenvalue weighted by Gasteiger charge is -2.06. The van der Waals surface area contributed by atoms with Gasteiger partial charge in [0.2, 0.25) is 4.96 Å². The fraction of sp³-hybridized carbons (Fsp3) is 0.294. The van der Waals surface area contributed by atoms with Crippen LogP contribution in [-0.2, 0) is 6.42 Å². The first-order valence-corrected chi connectivity index (χ1v) is 8.61. The van der Waals surface area contributed by atoms with Gasteiger partial charge < -0.3 is 5.32 Å². The van der Waals surface area contributed by atoms with Crippen molar-refractivity contribution in [3.63, 3.8) is 0 Å². The van der Waals surface area contributed by atoms with E-state index in [2.05, 4.69) is 15.4 Å². The van der Waals surface area contributed by atoms with E-state index in [4.69, 9.17) is 0 Å². The molecule has 0 saturated heterocycles. The maximum atomic E-state index is 13.0. The second-order valence-corrected chi connectivity index (χ2v) is 6.98. The lowest BCUT2D eigenvalue weighted by Crippen LogP contribution is -2.30. The number of amides is 1. The Labute approximate surface area is 147 Å². The number of carbonyl (C=O) groups is 1. The normalized spacial score (nSPS) is 11.2. The van der Waals surface area contributed by atoms with E-state index in [1.54, 1.807) is 19.1 Å². The predicted molar refractivity (Wildman–Crippen MR) is 93.7 cm³/mol. The predicted octanol–water partition coefficient (Wildman–Crippen LogP) is 2.33. The zero-order valence-electron chi connectivity index (χ0n) is 14.0. The molecule has 0 bridgehead atoms. The van der Waals surface area contributed by atoms with E-state index in [0.29, 0.717) is 15.5 Å². The smallest absolute Gasteiger partial charge is 0.296 e. The molecule has 0 fully saturated rings. The quantitative estimate of drug-likeness (QED) is 0.775. The average Bonchev–Trinajstić information content (AvgIpc) is 2.86. The topological polar surface area (TPSA) is 76.4 Å². The zero-order valence-corrected chi connectivity index (χ0v) is 14.9. The summed E-state index contributed by atoms with van der Waals surface area (Å²) in [7, 11) is 0. The summed E-state index contributed by atoms with van der Waals surface area (Å²) in [5.74, 6) is -0.547. The van der Waals surface area contributed by atoms with Crippen LogP contribution >= 0.6 is 11.3 Å². The first-order valence-electron chi connectivity index (χ1n) is 7.80. The largest absolute Gasteiger partial charge is 0.349 e. The second-order valence-electron chi connectivity index (χ2n) is 6.01. The Morgan fingerprint density at radius 1 is 1.32 bits per heavy atom.